The van der Waals surface area contributed by atoms with E-state index in [9.17, 15) is 14.3 Å². The number of nitrogens with one attached hydrogen (secondary N) is 1. The lowest BCUT2D eigenvalue weighted by atomic mass is 10.2. The second-order valence-electron chi connectivity index (χ2n) is 4.73. The number of halogens is 2. The monoisotopic (exact) mass is 411 g/mol. The van der Waals surface area contributed by atoms with Gasteiger partial charge in [0, 0.05) is 28.4 Å². The third-order valence-corrected chi connectivity index (χ3v) is 4.07. The molecule has 112 valence electrons. The van der Waals surface area contributed by atoms with E-state index >= 15 is 0 Å². The molecule has 0 spiro atoms. The molecule has 0 aliphatic carbocycles. The Morgan fingerprint density at radius 2 is 2.18 bits per heavy atom. The van der Waals surface area contributed by atoms with Crippen LogP contribution in [0.2, 0.25) is 0 Å². The maximum atomic E-state index is 14.0. The zero-order chi connectivity index (χ0) is 15.9. The van der Waals surface area contributed by atoms with Gasteiger partial charge >= 0.3 is 5.97 Å². The molecule has 0 atom stereocenters. The Morgan fingerprint density at radius 3 is 2.86 bits per heavy atom. The number of benzene rings is 1. The molecule has 0 amide bonds. The van der Waals surface area contributed by atoms with E-state index in [0.29, 0.717) is 16.6 Å². The molecule has 2 aromatic heterocycles. The molecule has 0 fully saturated rings. The number of aromatic carboxylic acids is 1. The number of carboxylic acid groups (broad SMARTS) is 1. The number of hydrogen-bond acceptors (Lipinski definition) is 3. The van der Waals surface area contributed by atoms with Crippen LogP contribution in [0.15, 0.2) is 36.7 Å². The number of rotatable bonds is 3. The van der Waals surface area contributed by atoms with Crippen molar-refractivity contribution in [2.45, 2.75) is 0 Å². The molecule has 0 saturated heterocycles. The second-order valence-corrected chi connectivity index (χ2v) is 5.98. The van der Waals surface area contributed by atoms with Gasteiger partial charge in [0.2, 0.25) is 0 Å². The normalized spacial score (nSPS) is 10.9. The van der Waals surface area contributed by atoms with Gasteiger partial charge in [0.1, 0.15) is 5.82 Å². The van der Waals surface area contributed by atoms with E-state index in [1.807, 2.05) is 22.6 Å². The minimum atomic E-state index is -1.09. The quantitative estimate of drug-likeness (QED) is 0.645. The van der Waals surface area contributed by atoms with Crippen LogP contribution in [0.1, 0.15) is 10.5 Å². The number of aryl methyl sites for hydroxylation is 1. The SMILES string of the molecule is Cn1c(C(=O)O)c(Nc2ccc(I)cc2F)c2cnccc21. The summed E-state index contributed by atoms with van der Waals surface area (Å²) in [5.41, 5.74) is 1.32. The Bertz CT molecular complexity index is 892. The van der Waals surface area contributed by atoms with Gasteiger partial charge in [-0.15, -0.1) is 0 Å². The highest BCUT2D eigenvalue weighted by molar-refractivity contribution is 14.1. The van der Waals surface area contributed by atoms with Gasteiger partial charge in [-0.05, 0) is 46.9 Å². The lowest BCUT2D eigenvalue weighted by Crippen LogP contribution is -2.07. The zero-order valence-electron chi connectivity index (χ0n) is 11.5. The third-order valence-electron chi connectivity index (χ3n) is 3.39. The second kappa shape index (κ2) is 5.56. The smallest absolute Gasteiger partial charge is 0.354 e. The molecule has 22 heavy (non-hydrogen) atoms. The zero-order valence-corrected chi connectivity index (χ0v) is 13.6. The lowest BCUT2D eigenvalue weighted by molar-refractivity contribution is 0.0688. The summed E-state index contributed by atoms with van der Waals surface area (Å²) in [7, 11) is 1.65. The topological polar surface area (TPSA) is 67.2 Å². The van der Waals surface area contributed by atoms with E-state index in [4.69, 9.17) is 0 Å². The Labute approximate surface area is 138 Å². The van der Waals surface area contributed by atoms with E-state index in [2.05, 4.69) is 10.3 Å². The molecule has 2 N–H and O–H groups in total. The van der Waals surface area contributed by atoms with Crippen LogP contribution >= 0.6 is 22.6 Å². The molecular formula is C15H11FIN3O2. The number of carbonyl (C=O) groups is 1. The van der Waals surface area contributed by atoms with Gasteiger partial charge in [-0.3, -0.25) is 4.98 Å². The molecule has 2 heterocycles. The molecule has 1 aromatic carbocycles. The van der Waals surface area contributed by atoms with Crippen molar-refractivity contribution in [1.82, 2.24) is 9.55 Å². The van der Waals surface area contributed by atoms with Crippen molar-refractivity contribution in [1.29, 1.82) is 0 Å². The number of fused-ring (bicyclic) bond motifs is 1. The summed E-state index contributed by atoms with van der Waals surface area (Å²) in [6.07, 6.45) is 3.15. The number of nitrogens with zero attached hydrogens (tertiary/aromatic N) is 2. The van der Waals surface area contributed by atoms with E-state index in [1.165, 1.54) is 6.07 Å². The predicted molar refractivity (Wildman–Crippen MR) is 90.1 cm³/mol. The van der Waals surface area contributed by atoms with Gasteiger partial charge in [-0.1, -0.05) is 0 Å². The minimum Gasteiger partial charge on any atom is -0.477 e. The standard InChI is InChI=1S/C15H11FIN3O2/c1-20-12-4-5-18-7-9(12)13(14(20)15(21)22)19-11-3-2-8(17)6-10(11)16/h2-7,19H,1H3,(H,21,22). The minimum absolute atomic E-state index is 0.0564. The van der Waals surface area contributed by atoms with Crippen molar-refractivity contribution in [3.05, 3.63) is 51.7 Å². The van der Waals surface area contributed by atoms with Crippen LogP contribution in [-0.2, 0) is 7.05 Å². The summed E-state index contributed by atoms with van der Waals surface area (Å²) >= 11 is 2.01. The first kappa shape index (κ1) is 14.8. The molecule has 7 heteroatoms. The molecule has 3 aromatic rings. The Morgan fingerprint density at radius 1 is 1.41 bits per heavy atom. The fourth-order valence-corrected chi connectivity index (χ4v) is 2.84. The third kappa shape index (κ3) is 2.41. The highest BCUT2D eigenvalue weighted by atomic mass is 127. The van der Waals surface area contributed by atoms with Crippen molar-refractivity contribution >= 4 is 50.8 Å². The number of pyridine rings is 1. The summed E-state index contributed by atoms with van der Waals surface area (Å²) in [6, 6.07) is 6.43. The van der Waals surface area contributed by atoms with Gasteiger partial charge in [0.25, 0.3) is 0 Å². The van der Waals surface area contributed by atoms with E-state index < -0.39 is 11.8 Å². The molecule has 0 aliphatic rings. The number of hydrogen-bond donors (Lipinski definition) is 2. The maximum absolute atomic E-state index is 14.0. The molecule has 0 radical (unpaired) electrons. The van der Waals surface area contributed by atoms with Crippen molar-refractivity contribution < 1.29 is 14.3 Å². The molecule has 5 nitrogen and oxygen atoms in total. The van der Waals surface area contributed by atoms with Crippen LogP contribution in [0.3, 0.4) is 0 Å². The van der Waals surface area contributed by atoms with Crippen molar-refractivity contribution in [2.75, 3.05) is 5.32 Å². The Hall–Kier alpha value is -2.16. The molecular weight excluding hydrogens is 400 g/mol. The number of aromatic nitrogens is 2. The molecule has 0 bridgehead atoms. The average molecular weight is 411 g/mol. The fraction of sp³-hybridized carbons (Fsp3) is 0.0667. The lowest BCUT2D eigenvalue weighted by Gasteiger charge is -2.08. The predicted octanol–water partition coefficient (Wildman–Crippen LogP) is 3.76. The van der Waals surface area contributed by atoms with Crippen LogP contribution in [0, 0.1) is 9.39 Å². The average Bonchev–Trinajstić information content (AvgIpc) is 2.75. The van der Waals surface area contributed by atoms with Gasteiger partial charge in [0.05, 0.1) is 16.9 Å². The van der Waals surface area contributed by atoms with Crippen molar-refractivity contribution in [3.63, 3.8) is 0 Å². The van der Waals surface area contributed by atoms with E-state index in [-0.39, 0.29) is 11.4 Å². The van der Waals surface area contributed by atoms with Gasteiger partial charge < -0.3 is 15.0 Å². The Balaban J connectivity index is 2.21. The van der Waals surface area contributed by atoms with Crippen molar-refractivity contribution in [3.8, 4) is 0 Å². The van der Waals surface area contributed by atoms with Crippen molar-refractivity contribution in [2.24, 2.45) is 7.05 Å². The molecule has 3 rings (SSSR count). The fourth-order valence-electron chi connectivity index (χ4n) is 2.39. The number of anilines is 2. The highest BCUT2D eigenvalue weighted by Crippen LogP contribution is 2.33. The van der Waals surface area contributed by atoms with Crippen LogP contribution in [0.5, 0.6) is 0 Å². The van der Waals surface area contributed by atoms with Gasteiger partial charge in [-0.2, -0.15) is 0 Å². The van der Waals surface area contributed by atoms with E-state index in [0.717, 1.165) is 3.57 Å². The summed E-state index contributed by atoms with van der Waals surface area (Å²) in [4.78, 5) is 15.6. The molecule has 0 unspecified atom stereocenters. The first-order chi connectivity index (χ1) is 10.5. The van der Waals surface area contributed by atoms with E-state index in [1.54, 1.807) is 42.2 Å². The molecule has 0 saturated carbocycles. The maximum Gasteiger partial charge on any atom is 0.354 e. The van der Waals surface area contributed by atoms with Crippen LogP contribution < -0.4 is 5.32 Å². The number of carboxylic acids is 1. The summed E-state index contributed by atoms with van der Waals surface area (Å²) < 4.78 is 16.3. The largest absolute Gasteiger partial charge is 0.477 e. The summed E-state index contributed by atoms with van der Waals surface area (Å²) in [6.45, 7) is 0. The molecule has 0 aliphatic heterocycles. The Kier molecular flexibility index (Phi) is 3.73. The van der Waals surface area contributed by atoms with Crippen LogP contribution in [-0.4, -0.2) is 20.6 Å². The van der Waals surface area contributed by atoms with Gasteiger partial charge in [0.15, 0.2) is 5.69 Å². The summed E-state index contributed by atoms with van der Waals surface area (Å²) in [5, 5.41) is 13.0. The van der Waals surface area contributed by atoms with Gasteiger partial charge in [-0.25, -0.2) is 9.18 Å². The summed E-state index contributed by atoms with van der Waals surface area (Å²) in [5.74, 6) is -1.53. The van der Waals surface area contributed by atoms with Crippen LogP contribution in [0.4, 0.5) is 15.8 Å². The first-order valence-electron chi connectivity index (χ1n) is 6.37. The van der Waals surface area contributed by atoms with Crippen LogP contribution in [0.25, 0.3) is 10.9 Å². The highest BCUT2D eigenvalue weighted by Gasteiger charge is 2.21. The first-order valence-corrected chi connectivity index (χ1v) is 7.44.